The smallest absolute Gasteiger partial charge is 0.258 e. The normalized spacial score (nSPS) is 24.5. The summed E-state index contributed by atoms with van der Waals surface area (Å²) < 4.78 is 11.6. The molecule has 2 fully saturated rings. The number of carbonyl (C=O) groups is 2. The summed E-state index contributed by atoms with van der Waals surface area (Å²) >= 11 is 0. The fourth-order valence-corrected chi connectivity index (χ4v) is 3.84. The molecule has 0 spiro atoms. The van der Waals surface area contributed by atoms with Crippen LogP contribution in [-0.4, -0.2) is 80.2 Å². The van der Waals surface area contributed by atoms with Gasteiger partial charge in [0.25, 0.3) is 5.91 Å². The molecule has 7 nitrogen and oxygen atoms in total. The van der Waals surface area contributed by atoms with E-state index in [0.717, 1.165) is 36.4 Å². The summed E-state index contributed by atoms with van der Waals surface area (Å²) in [5, 5.41) is 3.08. The Morgan fingerprint density at radius 1 is 1.29 bits per heavy atom. The van der Waals surface area contributed by atoms with Crippen molar-refractivity contribution < 1.29 is 19.1 Å². The third-order valence-corrected chi connectivity index (χ3v) is 5.67. The van der Waals surface area contributed by atoms with E-state index in [1.165, 1.54) is 0 Å². The maximum atomic E-state index is 12.3. The van der Waals surface area contributed by atoms with Gasteiger partial charge in [-0.05, 0) is 37.5 Å². The Bertz CT molecular complexity index is 722. The molecule has 2 saturated heterocycles. The van der Waals surface area contributed by atoms with Crippen molar-refractivity contribution in [2.75, 3.05) is 40.4 Å². The molecule has 0 saturated carbocycles. The summed E-state index contributed by atoms with van der Waals surface area (Å²) in [5.41, 5.74) is 2.21. The van der Waals surface area contributed by atoms with E-state index in [2.05, 4.69) is 10.2 Å². The Hall–Kier alpha value is -2.12. The Kier molecular flexibility index (Phi) is 6.57. The van der Waals surface area contributed by atoms with Gasteiger partial charge in [-0.1, -0.05) is 12.1 Å². The fourth-order valence-electron chi connectivity index (χ4n) is 3.84. The first-order valence-electron chi connectivity index (χ1n) is 9.87. The summed E-state index contributed by atoms with van der Waals surface area (Å²) in [5.74, 6) is 0.725. The van der Waals surface area contributed by atoms with Gasteiger partial charge in [-0.2, -0.15) is 0 Å². The van der Waals surface area contributed by atoms with E-state index in [1.54, 1.807) is 19.0 Å². The topological polar surface area (TPSA) is 71.1 Å². The molecule has 2 heterocycles. The van der Waals surface area contributed by atoms with Crippen LogP contribution in [0.15, 0.2) is 18.2 Å². The number of benzene rings is 1. The lowest BCUT2D eigenvalue weighted by Gasteiger charge is -2.35. The number of aryl methyl sites for hydroxylation is 1. The number of nitrogens with one attached hydrogen (secondary N) is 1. The molecule has 28 heavy (non-hydrogen) atoms. The maximum Gasteiger partial charge on any atom is 0.258 e. The standard InChI is InChI=1S/C21H31N3O4/c1-14-6-5-7-19(15(14)2)28-13-20(25)22-16-8-17-12-27-18(11-24(17)10-16)9-21(26)23(3)4/h5-7,16-18H,8-13H2,1-4H3,(H,22,25)/t16-,17-,18-/m0/s1. The number of rotatable bonds is 6. The van der Waals surface area contributed by atoms with Gasteiger partial charge in [0.15, 0.2) is 6.61 Å². The Labute approximate surface area is 167 Å². The summed E-state index contributed by atoms with van der Waals surface area (Å²) in [6.07, 6.45) is 1.19. The number of carbonyl (C=O) groups excluding carboxylic acids is 2. The lowest BCUT2D eigenvalue weighted by molar-refractivity contribution is -0.134. The predicted molar refractivity (Wildman–Crippen MR) is 106 cm³/mol. The summed E-state index contributed by atoms with van der Waals surface area (Å²) in [7, 11) is 3.52. The van der Waals surface area contributed by atoms with E-state index in [-0.39, 0.29) is 30.6 Å². The van der Waals surface area contributed by atoms with Gasteiger partial charge in [0.2, 0.25) is 5.91 Å². The number of hydrogen-bond donors (Lipinski definition) is 1. The van der Waals surface area contributed by atoms with Crippen LogP contribution in [0.3, 0.4) is 0 Å². The average Bonchev–Trinajstić information content (AvgIpc) is 3.04. The molecule has 1 aromatic rings. The molecule has 3 rings (SSSR count). The minimum Gasteiger partial charge on any atom is -0.483 e. The van der Waals surface area contributed by atoms with Crippen LogP contribution in [0.1, 0.15) is 24.0 Å². The van der Waals surface area contributed by atoms with Crippen molar-refractivity contribution in [3.05, 3.63) is 29.3 Å². The van der Waals surface area contributed by atoms with Gasteiger partial charge in [-0.3, -0.25) is 14.5 Å². The molecule has 7 heteroatoms. The van der Waals surface area contributed by atoms with Crippen LogP contribution in [-0.2, 0) is 14.3 Å². The number of amides is 2. The second-order valence-corrected chi connectivity index (χ2v) is 8.04. The number of hydrogen-bond acceptors (Lipinski definition) is 5. The quantitative estimate of drug-likeness (QED) is 0.790. The first kappa shape index (κ1) is 20.6. The molecule has 2 aliphatic heterocycles. The third kappa shape index (κ3) is 5.02. The highest BCUT2D eigenvalue weighted by atomic mass is 16.5. The van der Waals surface area contributed by atoms with Gasteiger partial charge >= 0.3 is 0 Å². The number of morpholine rings is 1. The highest BCUT2D eigenvalue weighted by molar-refractivity contribution is 5.78. The third-order valence-electron chi connectivity index (χ3n) is 5.67. The molecule has 0 bridgehead atoms. The SMILES string of the molecule is Cc1cccc(OCC(=O)N[C@H]2C[C@H]3CO[C@@H](CC(=O)N(C)C)CN3C2)c1C. The van der Waals surface area contributed by atoms with Crippen molar-refractivity contribution in [1.82, 2.24) is 15.1 Å². The van der Waals surface area contributed by atoms with Crippen LogP contribution in [0.4, 0.5) is 0 Å². The van der Waals surface area contributed by atoms with E-state index in [0.29, 0.717) is 19.1 Å². The fraction of sp³-hybridized carbons (Fsp3) is 0.619. The molecule has 0 aliphatic carbocycles. The molecule has 3 atom stereocenters. The predicted octanol–water partition coefficient (Wildman–Crippen LogP) is 1.12. The van der Waals surface area contributed by atoms with Crippen LogP contribution in [0.2, 0.25) is 0 Å². The zero-order valence-electron chi connectivity index (χ0n) is 17.2. The van der Waals surface area contributed by atoms with Gasteiger partial charge < -0.3 is 19.7 Å². The first-order chi connectivity index (χ1) is 13.3. The average molecular weight is 389 g/mol. The van der Waals surface area contributed by atoms with Crippen molar-refractivity contribution in [2.24, 2.45) is 0 Å². The zero-order valence-corrected chi connectivity index (χ0v) is 17.2. The number of fused-ring (bicyclic) bond motifs is 1. The monoisotopic (exact) mass is 389 g/mol. The second-order valence-electron chi connectivity index (χ2n) is 8.04. The van der Waals surface area contributed by atoms with Crippen LogP contribution in [0.5, 0.6) is 5.75 Å². The lowest BCUT2D eigenvalue weighted by atomic mass is 10.1. The van der Waals surface area contributed by atoms with E-state index < -0.39 is 0 Å². The minimum absolute atomic E-state index is 0.0158. The molecule has 1 N–H and O–H groups in total. The first-order valence-corrected chi connectivity index (χ1v) is 9.87. The molecular weight excluding hydrogens is 358 g/mol. The highest BCUT2D eigenvalue weighted by Gasteiger charge is 2.38. The van der Waals surface area contributed by atoms with Crippen LogP contribution in [0, 0.1) is 13.8 Å². The lowest BCUT2D eigenvalue weighted by Crippen LogP contribution is -2.47. The Morgan fingerprint density at radius 3 is 2.82 bits per heavy atom. The van der Waals surface area contributed by atoms with E-state index in [1.807, 2.05) is 32.0 Å². The highest BCUT2D eigenvalue weighted by Crippen LogP contribution is 2.25. The molecule has 0 unspecified atom stereocenters. The minimum atomic E-state index is -0.106. The van der Waals surface area contributed by atoms with Gasteiger partial charge in [0.1, 0.15) is 5.75 Å². The zero-order chi connectivity index (χ0) is 20.3. The Morgan fingerprint density at radius 2 is 2.07 bits per heavy atom. The van der Waals surface area contributed by atoms with Gasteiger partial charge in [-0.25, -0.2) is 0 Å². The van der Waals surface area contributed by atoms with Crippen molar-refractivity contribution in [1.29, 1.82) is 0 Å². The van der Waals surface area contributed by atoms with Gasteiger partial charge in [-0.15, -0.1) is 0 Å². The van der Waals surface area contributed by atoms with Crippen molar-refractivity contribution >= 4 is 11.8 Å². The van der Waals surface area contributed by atoms with Gasteiger partial charge in [0, 0.05) is 39.3 Å². The summed E-state index contributed by atoms with van der Waals surface area (Å²) in [6.45, 7) is 6.16. The van der Waals surface area contributed by atoms with E-state index in [9.17, 15) is 9.59 Å². The maximum absolute atomic E-state index is 12.3. The van der Waals surface area contributed by atoms with E-state index >= 15 is 0 Å². The molecule has 0 radical (unpaired) electrons. The molecular formula is C21H31N3O4. The largest absolute Gasteiger partial charge is 0.483 e. The number of nitrogens with zero attached hydrogens (tertiary/aromatic N) is 2. The summed E-state index contributed by atoms with van der Waals surface area (Å²) in [4.78, 5) is 28.1. The van der Waals surface area contributed by atoms with Crippen LogP contribution in [0.25, 0.3) is 0 Å². The molecule has 154 valence electrons. The molecule has 0 aromatic heterocycles. The van der Waals surface area contributed by atoms with E-state index in [4.69, 9.17) is 9.47 Å². The Balaban J connectivity index is 1.45. The molecule has 2 aliphatic rings. The second kappa shape index (κ2) is 8.92. The van der Waals surface area contributed by atoms with Crippen molar-refractivity contribution in [2.45, 2.75) is 44.9 Å². The van der Waals surface area contributed by atoms with Gasteiger partial charge in [0.05, 0.1) is 19.1 Å². The van der Waals surface area contributed by atoms with Crippen LogP contribution < -0.4 is 10.1 Å². The summed E-state index contributed by atoms with van der Waals surface area (Å²) in [6, 6.07) is 6.24. The van der Waals surface area contributed by atoms with Crippen LogP contribution >= 0.6 is 0 Å². The molecule has 1 aromatic carbocycles. The molecule has 2 amide bonds. The van der Waals surface area contributed by atoms with Crippen molar-refractivity contribution in [3.63, 3.8) is 0 Å². The number of ether oxygens (including phenoxy) is 2. The van der Waals surface area contributed by atoms with Crippen molar-refractivity contribution in [3.8, 4) is 5.75 Å².